The van der Waals surface area contributed by atoms with Gasteiger partial charge in [0, 0.05) is 17.0 Å². The second-order valence-corrected chi connectivity index (χ2v) is 8.17. The first-order chi connectivity index (χ1) is 14.7. The average molecular weight is 450 g/mol. The van der Waals surface area contributed by atoms with Crippen molar-refractivity contribution >= 4 is 23.1 Å². The highest BCUT2D eigenvalue weighted by Crippen LogP contribution is 2.34. The Morgan fingerprint density at radius 3 is 2.55 bits per heavy atom. The number of fused-ring (bicyclic) bond motifs is 1. The van der Waals surface area contributed by atoms with E-state index in [0.717, 1.165) is 11.6 Å². The van der Waals surface area contributed by atoms with Crippen LogP contribution in [0.25, 0.3) is 0 Å². The van der Waals surface area contributed by atoms with Gasteiger partial charge in [-0.15, -0.1) is 11.3 Å². The Morgan fingerprint density at radius 1 is 1.13 bits per heavy atom. The zero-order valence-electron chi connectivity index (χ0n) is 16.6. The smallest absolute Gasteiger partial charge is 0.425 e. The zero-order valence-corrected chi connectivity index (χ0v) is 17.4. The van der Waals surface area contributed by atoms with Crippen molar-refractivity contribution in [1.29, 1.82) is 0 Å². The second-order valence-electron chi connectivity index (χ2n) is 7.01. The van der Waals surface area contributed by atoms with Crippen molar-refractivity contribution in [2.75, 3.05) is 18.6 Å². The maximum absolute atomic E-state index is 12.8. The molecule has 31 heavy (non-hydrogen) atoms. The average Bonchev–Trinajstić information content (AvgIpc) is 3.19. The van der Waals surface area contributed by atoms with E-state index in [1.165, 1.54) is 17.7 Å². The minimum Gasteiger partial charge on any atom is -0.497 e. The number of thiophene rings is 1. The van der Waals surface area contributed by atoms with Gasteiger partial charge in [-0.25, -0.2) is 4.79 Å². The third-order valence-corrected chi connectivity index (χ3v) is 6.04. The Hall–Kier alpha value is -3.21. The van der Waals surface area contributed by atoms with Crippen LogP contribution in [0, 0.1) is 6.92 Å². The van der Waals surface area contributed by atoms with E-state index in [1.54, 1.807) is 30.0 Å². The number of hydrogen-bond acceptors (Lipinski definition) is 7. The van der Waals surface area contributed by atoms with Crippen LogP contribution in [0.3, 0.4) is 0 Å². The molecule has 0 unspecified atom stereocenters. The van der Waals surface area contributed by atoms with Gasteiger partial charge in [0.15, 0.2) is 5.78 Å². The molecule has 3 aromatic rings. The zero-order chi connectivity index (χ0) is 22.3. The van der Waals surface area contributed by atoms with E-state index >= 15 is 0 Å². The van der Waals surface area contributed by atoms with Gasteiger partial charge < -0.3 is 9.64 Å². The number of ether oxygens (including phenoxy) is 1. The molecular weight excluding hydrogens is 433 g/mol. The molecule has 0 spiro atoms. The summed E-state index contributed by atoms with van der Waals surface area (Å²) in [4.78, 5) is 34.7. The Bertz CT molecular complexity index is 1220. The van der Waals surface area contributed by atoms with Crippen molar-refractivity contribution in [3.05, 3.63) is 67.5 Å². The first-order valence-electron chi connectivity index (χ1n) is 9.22. The number of anilines is 1. The van der Waals surface area contributed by atoms with Gasteiger partial charge in [0.25, 0.3) is 0 Å². The highest BCUT2D eigenvalue weighted by Gasteiger charge is 2.32. The van der Waals surface area contributed by atoms with Crippen LogP contribution >= 0.6 is 11.3 Å². The molecule has 0 aliphatic carbocycles. The molecule has 0 radical (unpaired) electrons. The maximum atomic E-state index is 12.8. The van der Waals surface area contributed by atoms with E-state index in [2.05, 4.69) is 9.97 Å². The number of halogens is 3. The minimum absolute atomic E-state index is 0.00290. The lowest BCUT2D eigenvalue weighted by Gasteiger charge is -2.28. The van der Waals surface area contributed by atoms with E-state index in [0.29, 0.717) is 39.9 Å². The monoisotopic (exact) mass is 450 g/mol. The quantitative estimate of drug-likeness (QED) is 0.607. The van der Waals surface area contributed by atoms with Gasteiger partial charge in [-0.05, 0) is 36.8 Å². The molecule has 2 aromatic heterocycles. The Morgan fingerprint density at radius 2 is 1.90 bits per heavy atom. The standard InChI is InChI=1S/C20H17F3N4O3S/c1-11-24-18(26-8-12-3-4-13(30-2)7-15(12)16(28)10-26)25-19(29)27(11)9-14-5-6-17(31-14)20(21,22)23/h3-7H,8-10H2,1-2H3. The highest BCUT2D eigenvalue weighted by atomic mass is 32.1. The summed E-state index contributed by atoms with van der Waals surface area (Å²) in [5.41, 5.74) is 0.678. The van der Waals surface area contributed by atoms with E-state index in [9.17, 15) is 22.8 Å². The topological polar surface area (TPSA) is 77.3 Å². The van der Waals surface area contributed by atoms with Crippen molar-refractivity contribution in [2.24, 2.45) is 0 Å². The molecule has 3 heterocycles. The van der Waals surface area contributed by atoms with Crippen molar-refractivity contribution in [1.82, 2.24) is 14.5 Å². The predicted octanol–water partition coefficient (Wildman–Crippen LogP) is 3.29. The number of aryl methyl sites for hydroxylation is 1. The minimum atomic E-state index is -4.43. The van der Waals surface area contributed by atoms with E-state index in [1.807, 2.05) is 0 Å². The van der Waals surface area contributed by atoms with Crippen LogP contribution in [0.2, 0.25) is 0 Å². The van der Waals surface area contributed by atoms with Gasteiger partial charge >= 0.3 is 11.9 Å². The number of methoxy groups -OCH3 is 1. The first-order valence-corrected chi connectivity index (χ1v) is 10.0. The fourth-order valence-corrected chi connectivity index (χ4v) is 4.21. The van der Waals surface area contributed by atoms with Crippen molar-refractivity contribution in [3.63, 3.8) is 0 Å². The van der Waals surface area contributed by atoms with Crippen LogP contribution in [-0.4, -0.2) is 34.0 Å². The molecule has 1 aromatic carbocycles. The molecule has 0 saturated heterocycles. The molecule has 0 amide bonds. The van der Waals surface area contributed by atoms with Crippen LogP contribution < -0.4 is 15.3 Å². The fourth-order valence-electron chi connectivity index (χ4n) is 3.35. The van der Waals surface area contributed by atoms with E-state index < -0.39 is 16.7 Å². The number of carbonyl (C=O) groups is 1. The summed E-state index contributed by atoms with van der Waals surface area (Å²) in [6, 6.07) is 7.52. The lowest BCUT2D eigenvalue weighted by molar-refractivity contribution is -0.134. The normalized spacial score (nSPS) is 14.0. The van der Waals surface area contributed by atoms with Crippen molar-refractivity contribution in [2.45, 2.75) is 26.2 Å². The Kier molecular flexibility index (Phi) is 5.29. The van der Waals surface area contributed by atoms with Gasteiger partial charge in [-0.2, -0.15) is 23.1 Å². The SMILES string of the molecule is COc1ccc2c(c1)C(=O)CN(c1nc(C)n(Cc3ccc(C(F)(F)F)s3)c(=O)n1)C2. The van der Waals surface area contributed by atoms with E-state index in [4.69, 9.17) is 4.74 Å². The number of alkyl halides is 3. The highest BCUT2D eigenvalue weighted by molar-refractivity contribution is 7.12. The van der Waals surface area contributed by atoms with Gasteiger partial charge in [0.1, 0.15) is 16.5 Å². The van der Waals surface area contributed by atoms with Crippen molar-refractivity contribution < 1.29 is 22.7 Å². The third kappa shape index (κ3) is 4.18. The molecule has 1 aliphatic heterocycles. The number of carbonyl (C=O) groups excluding carboxylic acids is 1. The Labute approximate surface area is 178 Å². The molecule has 1 aliphatic rings. The van der Waals surface area contributed by atoms with Gasteiger partial charge in [0.2, 0.25) is 5.95 Å². The molecule has 0 saturated carbocycles. The number of hydrogen-bond donors (Lipinski definition) is 0. The number of Topliss-reactive ketones (excluding diaryl/α,β-unsaturated/α-hetero) is 1. The maximum Gasteiger partial charge on any atom is 0.425 e. The molecule has 162 valence electrons. The predicted molar refractivity (Wildman–Crippen MR) is 108 cm³/mol. The number of nitrogens with zero attached hydrogens (tertiary/aromatic N) is 4. The molecule has 0 atom stereocenters. The lowest BCUT2D eigenvalue weighted by atomic mass is 9.98. The van der Waals surface area contributed by atoms with Crippen LogP contribution in [0.5, 0.6) is 5.75 Å². The van der Waals surface area contributed by atoms with Crippen LogP contribution in [0.4, 0.5) is 19.1 Å². The molecule has 7 nitrogen and oxygen atoms in total. The van der Waals surface area contributed by atoms with Crippen molar-refractivity contribution in [3.8, 4) is 5.75 Å². The van der Waals surface area contributed by atoms with Gasteiger partial charge in [-0.3, -0.25) is 9.36 Å². The number of aromatic nitrogens is 3. The summed E-state index contributed by atoms with van der Waals surface area (Å²) in [5, 5.41) is 0. The van der Waals surface area contributed by atoms with E-state index in [-0.39, 0.29) is 24.8 Å². The largest absolute Gasteiger partial charge is 0.497 e. The molecule has 4 rings (SSSR count). The summed E-state index contributed by atoms with van der Waals surface area (Å²) in [7, 11) is 1.52. The number of ketones is 1. The van der Waals surface area contributed by atoms with Crippen LogP contribution in [0.1, 0.15) is 31.5 Å². The van der Waals surface area contributed by atoms with Crippen LogP contribution in [-0.2, 0) is 19.3 Å². The number of benzene rings is 1. The summed E-state index contributed by atoms with van der Waals surface area (Å²) < 4.78 is 44.8. The van der Waals surface area contributed by atoms with Gasteiger partial charge in [-0.1, -0.05) is 6.07 Å². The summed E-state index contributed by atoms with van der Waals surface area (Å²) in [5.74, 6) is 0.835. The molecular formula is C20H17F3N4O3S. The summed E-state index contributed by atoms with van der Waals surface area (Å²) >= 11 is 0.574. The fraction of sp³-hybridized carbons (Fsp3) is 0.300. The number of rotatable bonds is 4. The Balaban J connectivity index is 1.59. The lowest BCUT2D eigenvalue weighted by Crippen LogP contribution is -2.39. The summed E-state index contributed by atoms with van der Waals surface area (Å²) in [6.45, 7) is 1.86. The molecule has 0 fully saturated rings. The second kappa shape index (κ2) is 7.80. The third-order valence-electron chi connectivity index (χ3n) is 4.93. The molecule has 0 bridgehead atoms. The molecule has 0 N–H and O–H groups in total. The van der Waals surface area contributed by atoms with Gasteiger partial charge in [0.05, 0.1) is 20.2 Å². The summed E-state index contributed by atoms with van der Waals surface area (Å²) in [6.07, 6.45) is -4.43. The molecule has 11 heteroatoms. The van der Waals surface area contributed by atoms with Crippen LogP contribution in [0.15, 0.2) is 35.1 Å². The first kappa shape index (κ1) is 21.0.